The third-order valence-corrected chi connectivity index (χ3v) is 7.52. The molecule has 2 saturated heterocycles. The Hall–Kier alpha value is -1.54. The van der Waals surface area contributed by atoms with Crippen molar-refractivity contribution in [2.45, 2.75) is 24.1 Å². The molecule has 0 N–H and O–H groups in total. The molecule has 0 bridgehead atoms. The fourth-order valence-corrected chi connectivity index (χ4v) is 6.35. The highest BCUT2D eigenvalue weighted by atomic mass is 32.2. The molecule has 0 aromatic heterocycles. The predicted octanol–water partition coefficient (Wildman–Crippen LogP) is 1.08. The van der Waals surface area contributed by atoms with Crippen molar-refractivity contribution in [3.8, 4) is 0 Å². The molecule has 0 radical (unpaired) electrons. The molecule has 1 aromatic rings. The minimum atomic E-state index is -3.19. The van der Waals surface area contributed by atoms with Crippen LogP contribution in [0.2, 0.25) is 0 Å². The van der Waals surface area contributed by atoms with Gasteiger partial charge < -0.3 is 9.80 Å². The Bertz CT molecular complexity index is 782. The number of likely N-dealkylation sites (tertiary alicyclic amines) is 1. The lowest BCUT2D eigenvalue weighted by atomic mass is 10.00. The smallest absolute Gasteiger partial charge is 0.222 e. The summed E-state index contributed by atoms with van der Waals surface area (Å²) in [6.07, 6.45) is 0.447. The van der Waals surface area contributed by atoms with E-state index in [0.29, 0.717) is 18.5 Å². The second kappa shape index (κ2) is 6.64. The van der Waals surface area contributed by atoms with Gasteiger partial charge >= 0.3 is 0 Å². The van der Waals surface area contributed by atoms with E-state index in [-0.39, 0.29) is 36.6 Å². The van der Waals surface area contributed by atoms with Crippen LogP contribution in [0.15, 0.2) is 18.2 Å². The minimum absolute atomic E-state index is 0.0628. The van der Waals surface area contributed by atoms with Crippen molar-refractivity contribution in [2.75, 3.05) is 32.9 Å². The molecule has 0 spiro atoms. The van der Waals surface area contributed by atoms with Crippen molar-refractivity contribution in [2.24, 2.45) is 5.92 Å². The standard InChI is InChI=1S/C17H22F2N2O3S/c1-20(2)15-10-25(23,24)16-9-21(8-12(15)16)17(22)6-4-11-3-5-13(18)14(19)7-11/h3,5,7,12,15-16H,4,6,8-10H2,1-2H3/t12-,15+,16-/m0/s1. The second-order valence-electron chi connectivity index (χ2n) is 7.11. The van der Waals surface area contributed by atoms with Crippen LogP contribution in [0.5, 0.6) is 0 Å². The van der Waals surface area contributed by atoms with Crippen molar-refractivity contribution in [1.82, 2.24) is 9.80 Å². The average Bonchev–Trinajstić information content (AvgIpc) is 3.08. The second-order valence-corrected chi connectivity index (χ2v) is 9.37. The van der Waals surface area contributed by atoms with E-state index < -0.39 is 26.7 Å². The normalized spacial score (nSPS) is 27.7. The summed E-state index contributed by atoms with van der Waals surface area (Å²) >= 11 is 0. The number of hydrogen-bond donors (Lipinski definition) is 0. The summed E-state index contributed by atoms with van der Waals surface area (Å²) in [5.74, 6) is -1.91. The molecule has 0 saturated carbocycles. The molecule has 1 aromatic carbocycles. The number of rotatable bonds is 4. The van der Waals surface area contributed by atoms with Crippen LogP contribution in [0.25, 0.3) is 0 Å². The topological polar surface area (TPSA) is 57.7 Å². The van der Waals surface area contributed by atoms with E-state index in [0.717, 1.165) is 12.1 Å². The molecular weight excluding hydrogens is 350 g/mol. The number of nitrogens with zero attached hydrogens (tertiary/aromatic N) is 2. The summed E-state index contributed by atoms with van der Waals surface area (Å²) in [5, 5.41) is -0.493. The first-order valence-electron chi connectivity index (χ1n) is 8.29. The van der Waals surface area contributed by atoms with E-state index in [9.17, 15) is 22.0 Å². The highest BCUT2D eigenvalue weighted by Crippen LogP contribution is 2.36. The summed E-state index contributed by atoms with van der Waals surface area (Å²) in [5.41, 5.74) is 0.547. The number of carbonyl (C=O) groups excluding carboxylic acids is 1. The van der Waals surface area contributed by atoms with E-state index in [1.54, 1.807) is 4.90 Å². The number of sulfone groups is 1. The molecule has 5 nitrogen and oxygen atoms in total. The first-order valence-corrected chi connectivity index (χ1v) is 10.0. The lowest BCUT2D eigenvalue weighted by molar-refractivity contribution is -0.130. The summed E-state index contributed by atoms with van der Waals surface area (Å²) < 4.78 is 50.8. The molecular formula is C17H22F2N2O3S. The van der Waals surface area contributed by atoms with Gasteiger partial charge in [0, 0.05) is 31.5 Å². The molecule has 0 aliphatic carbocycles. The fraction of sp³-hybridized carbons (Fsp3) is 0.588. The van der Waals surface area contributed by atoms with Gasteiger partial charge in [-0.1, -0.05) is 6.07 Å². The SMILES string of the molecule is CN(C)[C@@H]1CS(=O)(=O)[C@H]2CN(C(=O)CCc3ccc(F)c(F)c3)C[C@@H]12. The Morgan fingerprint density at radius 3 is 2.60 bits per heavy atom. The molecule has 3 atom stereocenters. The molecule has 2 aliphatic rings. The number of benzene rings is 1. The molecule has 1 amide bonds. The maximum atomic E-state index is 13.2. The summed E-state index contributed by atoms with van der Waals surface area (Å²) in [4.78, 5) is 16.0. The maximum absolute atomic E-state index is 13.2. The van der Waals surface area contributed by atoms with Crippen molar-refractivity contribution in [3.05, 3.63) is 35.4 Å². The molecule has 2 heterocycles. The molecule has 25 heavy (non-hydrogen) atoms. The average molecular weight is 372 g/mol. The molecule has 0 unspecified atom stereocenters. The van der Waals surface area contributed by atoms with Crippen molar-refractivity contribution >= 4 is 15.7 Å². The maximum Gasteiger partial charge on any atom is 0.222 e. The zero-order valence-corrected chi connectivity index (χ0v) is 15.1. The van der Waals surface area contributed by atoms with Gasteiger partial charge in [-0.05, 0) is 38.2 Å². The summed E-state index contributed by atoms with van der Waals surface area (Å²) in [6.45, 7) is 0.664. The zero-order chi connectivity index (χ0) is 18.4. The summed E-state index contributed by atoms with van der Waals surface area (Å²) in [6, 6.07) is 3.52. The van der Waals surface area contributed by atoms with E-state index in [1.165, 1.54) is 6.07 Å². The Labute approximate surface area is 146 Å². The summed E-state index contributed by atoms with van der Waals surface area (Å²) in [7, 11) is 0.526. The highest BCUT2D eigenvalue weighted by Gasteiger charge is 2.53. The Balaban J connectivity index is 1.63. The van der Waals surface area contributed by atoms with Crippen LogP contribution < -0.4 is 0 Å². The van der Waals surface area contributed by atoms with E-state index in [2.05, 4.69) is 0 Å². The van der Waals surface area contributed by atoms with Gasteiger partial charge in [-0.2, -0.15) is 0 Å². The van der Waals surface area contributed by atoms with Crippen LogP contribution in [0.1, 0.15) is 12.0 Å². The minimum Gasteiger partial charge on any atom is -0.341 e. The number of hydrogen-bond acceptors (Lipinski definition) is 4. The Morgan fingerprint density at radius 1 is 1.24 bits per heavy atom. The number of fused-ring (bicyclic) bond motifs is 1. The van der Waals surface area contributed by atoms with E-state index >= 15 is 0 Å². The largest absolute Gasteiger partial charge is 0.341 e. The van der Waals surface area contributed by atoms with Gasteiger partial charge in [0.1, 0.15) is 0 Å². The van der Waals surface area contributed by atoms with E-state index in [1.807, 2.05) is 19.0 Å². The van der Waals surface area contributed by atoms with Crippen LogP contribution in [0.3, 0.4) is 0 Å². The van der Waals surface area contributed by atoms with Crippen LogP contribution in [-0.2, 0) is 21.1 Å². The monoisotopic (exact) mass is 372 g/mol. The third kappa shape index (κ3) is 3.55. The third-order valence-electron chi connectivity index (χ3n) is 5.30. The van der Waals surface area contributed by atoms with Crippen molar-refractivity contribution < 1.29 is 22.0 Å². The predicted molar refractivity (Wildman–Crippen MR) is 89.8 cm³/mol. The lowest BCUT2D eigenvalue weighted by Crippen LogP contribution is -2.38. The molecule has 2 aliphatic heterocycles. The van der Waals surface area contributed by atoms with Crippen LogP contribution in [-0.4, -0.2) is 68.4 Å². The number of carbonyl (C=O) groups is 1. The Kier molecular flexibility index (Phi) is 4.85. The van der Waals surface area contributed by atoms with Gasteiger partial charge in [-0.15, -0.1) is 0 Å². The van der Waals surface area contributed by atoms with Crippen LogP contribution in [0.4, 0.5) is 8.78 Å². The Morgan fingerprint density at radius 2 is 1.96 bits per heavy atom. The van der Waals surface area contributed by atoms with Gasteiger partial charge in [-0.3, -0.25) is 4.79 Å². The van der Waals surface area contributed by atoms with E-state index in [4.69, 9.17) is 0 Å². The van der Waals surface area contributed by atoms with Crippen molar-refractivity contribution in [3.63, 3.8) is 0 Å². The number of halogens is 2. The quantitative estimate of drug-likeness (QED) is 0.794. The first kappa shape index (κ1) is 18.3. The van der Waals surface area contributed by atoms with Gasteiger partial charge in [0.25, 0.3) is 0 Å². The highest BCUT2D eigenvalue weighted by molar-refractivity contribution is 7.92. The lowest BCUT2D eigenvalue weighted by Gasteiger charge is -2.25. The fourth-order valence-electron chi connectivity index (χ4n) is 3.87. The molecule has 8 heteroatoms. The van der Waals surface area contributed by atoms with Gasteiger partial charge in [0.05, 0.1) is 11.0 Å². The van der Waals surface area contributed by atoms with Crippen LogP contribution in [0, 0.1) is 17.6 Å². The van der Waals surface area contributed by atoms with Crippen LogP contribution >= 0.6 is 0 Å². The molecule has 3 rings (SSSR count). The molecule has 2 fully saturated rings. The zero-order valence-electron chi connectivity index (χ0n) is 14.3. The van der Waals surface area contributed by atoms with Crippen molar-refractivity contribution in [1.29, 1.82) is 0 Å². The number of amides is 1. The molecule has 138 valence electrons. The van der Waals surface area contributed by atoms with Gasteiger partial charge in [0.15, 0.2) is 21.5 Å². The first-order chi connectivity index (χ1) is 11.7. The van der Waals surface area contributed by atoms with Gasteiger partial charge in [-0.25, -0.2) is 17.2 Å². The van der Waals surface area contributed by atoms with Gasteiger partial charge in [0.2, 0.25) is 5.91 Å². The number of aryl methyl sites for hydroxylation is 1.